The maximum atomic E-state index is 13.2. The van der Waals surface area contributed by atoms with E-state index in [1.807, 2.05) is 12.2 Å². The molecule has 1 saturated heterocycles. The van der Waals surface area contributed by atoms with Gasteiger partial charge in [0.15, 0.2) is 5.78 Å². The predicted molar refractivity (Wildman–Crippen MR) is 105 cm³/mol. The van der Waals surface area contributed by atoms with E-state index in [0.29, 0.717) is 24.1 Å². The van der Waals surface area contributed by atoms with Crippen LogP contribution in [0.2, 0.25) is 0 Å². The van der Waals surface area contributed by atoms with Gasteiger partial charge in [-0.3, -0.25) is 9.69 Å². The van der Waals surface area contributed by atoms with E-state index in [9.17, 15) is 13.6 Å². The van der Waals surface area contributed by atoms with E-state index < -0.39 is 0 Å². The summed E-state index contributed by atoms with van der Waals surface area (Å²) < 4.78 is 26.3. The van der Waals surface area contributed by atoms with Crippen molar-refractivity contribution in [3.63, 3.8) is 0 Å². The topological polar surface area (TPSA) is 20.3 Å². The Balaban J connectivity index is 1.94. The van der Waals surface area contributed by atoms with Gasteiger partial charge in [0, 0.05) is 24.2 Å². The molecule has 0 saturated carbocycles. The van der Waals surface area contributed by atoms with Gasteiger partial charge in [-0.2, -0.15) is 0 Å². The van der Waals surface area contributed by atoms with Crippen LogP contribution in [0.3, 0.4) is 0 Å². The van der Waals surface area contributed by atoms with Crippen LogP contribution in [0.15, 0.2) is 59.7 Å². The third kappa shape index (κ3) is 5.20. The van der Waals surface area contributed by atoms with Gasteiger partial charge >= 0.3 is 0 Å². The zero-order chi connectivity index (χ0) is 19.2. The number of nitrogens with zero attached hydrogens (tertiary/aromatic N) is 1. The zero-order valence-corrected chi connectivity index (χ0v) is 15.4. The minimum Gasteiger partial charge on any atom is -0.299 e. The standard InChI is InChI=1S/C23H23F2NO/c1-2-12-26-13-11-19(14-17-3-7-21(24)8-4-17)23(27)20(16-26)15-18-5-9-22(25)10-6-18/h3-10,14-15H,2,11-13,16H2,1H3. The summed E-state index contributed by atoms with van der Waals surface area (Å²) >= 11 is 0. The molecule has 0 radical (unpaired) electrons. The molecule has 2 aromatic carbocycles. The third-order valence-electron chi connectivity index (χ3n) is 4.64. The quantitative estimate of drug-likeness (QED) is 0.700. The van der Waals surface area contributed by atoms with E-state index in [1.165, 1.54) is 24.3 Å². The van der Waals surface area contributed by atoms with Crippen LogP contribution in [-0.2, 0) is 4.79 Å². The lowest BCUT2D eigenvalue weighted by atomic mass is 9.98. The molecule has 0 unspecified atom stereocenters. The molecule has 0 N–H and O–H groups in total. The molecule has 1 aliphatic rings. The highest BCUT2D eigenvalue weighted by Gasteiger charge is 2.23. The van der Waals surface area contributed by atoms with Crippen molar-refractivity contribution in [1.29, 1.82) is 0 Å². The fraction of sp³-hybridized carbons (Fsp3) is 0.261. The molecule has 1 heterocycles. The second kappa shape index (κ2) is 8.87. The van der Waals surface area contributed by atoms with Crippen LogP contribution in [0.4, 0.5) is 8.78 Å². The molecule has 140 valence electrons. The van der Waals surface area contributed by atoms with Crippen LogP contribution in [0.25, 0.3) is 12.2 Å². The smallest absolute Gasteiger partial charge is 0.186 e. The molecule has 0 aliphatic carbocycles. The van der Waals surface area contributed by atoms with Crippen LogP contribution in [-0.4, -0.2) is 30.3 Å². The van der Waals surface area contributed by atoms with E-state index in [1.54, 1.807) is 24.3 Å². The Morgan fingerprint density at radius 2 is 1.41 bits per heavy atom. The molecule has 0 atom stereocenters. The summed E-state index contributed by atoms with van der Waals surface area (Å²) in [7, 11) is 0. The zero-order valence-electron chi connectivity index (χ0n) is 15.4. The van der Waals surface area contributed by atoms with E-state index in [-0.39, 0.29) is 17.4 Å². The molecule has 1 aliphatic heterocycles. The summed E-state index contributed by atoms with van der Waals surface area (Å²) in [4.78, 5) is 15.4. The highest BCUT2D eigenvalue weighted by molar-refractivity contribution is 6.13. The number of carbonyl (C=O) groups excluding carboxylic acids is 1. The van der Waals surface area contributed by atoms with E-state index >= 15 is 0 Å². The van der Waals surface area contributed by atoms with Crippen molar-refractivity contribution in [3.05, 3.63) is 82.4 Å². The first-order valence-corrected chi connectivity index (χ1v) is 9.24. The number of Topliss-reactive ketones (excluding diaryl/α,β-unsaturated/α-hetero) is 1. The maximum absolute atomic E-state index is 13.2. The lowest BCUT2D eigenvalue weighted by Gasteiger charge is -2.18. The number of halogens is 2. The fourth-order valence-electron chi connectivity index (χ4n) is 3.27. The number of rotatable bonds is 4. The summed E-state index contributed by atoms with van der Waals surface area (Å²) in [5.41, 5.74) is 3.03. The lowest BCUT2D eigenvalue weighted by molar-refractivity contribution is -0.112. The number of hydrogen-bond acceptors (Lipinski definition) is 2. The number of hydrogen-bond donors (Lipinski definition) is 0. The molecule has 4 heteroatoms. The molecule has 27 heavy (non-hydrogen) atoms. The highest BCUT2D eigenvalue weighted by atomic mass is 19.1. The van der Waals surface area contributed by atoms with Crippen molar-refractivity contribution in [1.82, 2.24) is 4.90 Å². The lowest BCUT2D eigenvalue weighted by Crippen LogP contribution is -2.26. The van der Waals surface area contributed by atoms with Gasteiger partial charge in [-0.05, 0) is 66.9 Å². The number of carbonyl (C=O) groups is 1. The second-order valence-corrected chi connectivity index (χ2v) is 6.80. The first kappa shape index (κ1) is 19.2. The van der Waals surface area contributed by atoms with Crippen molar-refractivity contribution < 1.29 is 13.6 Å². The van der Waals surface area contributed by atoms with Crippen LogP contribution in [0, 0.1) is 11.6 Å². The molecule has 3 rings (SSSR count). The average Bonchev–Trinajstić information content (AvgIpc) is 2.80. The predicted octanol–water partition coefficient (Wildman–Crippen LogP) is 5.12. The van der Waals surface area contributed by atoms with Gasteiger partial charge < -0.3 is 0 Å². The summed E-state index contributed by atoms with van der Waals surface area (Å²) in [6, 6.07) is 12.3. The molecule has 0 spiro atoms. The molecular weight excluding hydrogens is 344 g/mol. The molecule has 0 bridgehead atoms. The Kier molecular flexibility index (Phi) is 6.30. The largest absolute Gasteiger partial charge is 0.299 e. The van der Waals surface area contributed by atoms with Crippen LogP contribution in [0.1, 0.15) is 30.9 Å². The van der Waals surface area contributed by atoms with Crippen molar-refractivity contribution in [3.8, 4) is 0 Å². The van der Waals surface area contributed by atoms with E-state index in [0.717, 1.165) is 30.6 Å². The Bertz CT molecular complexity index is 851. The fourth-order valence-corrected chi connectivity index (χ4v) is 3.27. The second-order valence-electron chi connectivity index (χ2n) is 6.80. The van der Waals surface area contributed by atoms with E-state index in [2.05, 4.69) is 11.8 Å². The van der Waals surface area contributed by atoms with Crippen LogP contribution in [0.5, 0.6) is 0 Å². The normalized spacial score (nSPS) is 18.9. The molecule has 0 aromatic heterocycles. The molecule has 0 amide bonds. The van der Waals surface area contributed by atoms with E-state index in [4.69, 9.17) is 0 Å². The van der Waals surface area contributed by atoms with Gasteiger partial charge in [0.2, 0.25) is 0 Å². The first-order chi connectivity index (χ1) is 13.0. The summed E-state index contributed by atoms with van der Waals surface area (Å²) in [5.74, 6) is -0.591. The maximum Gasteiger partial charge on any atom is 0.186 e. The highest BCUT2D eigenvalue weighted by Crippen LogP contribution is 2.23. The Hall–Kier alpha value is -2.59. The minimum absolute atomic E-state index is 0.00209. The molecule has 2 aromatic rings. The molecular formula is C23H23F2NO. The monoisotopic (exact) mass is 367 g/mol. The molecule has 1 fully saturated rings. The van der Waals surface area contributed by atoms with Crippen molar-refractivity contribution in [2.75, 3.05) is 19.6 Å². The summed E-state index contributed by atoms with van der Waals surface area (Å²) in [6.07, 6.45) is 5.34. The SMILES string of the molecule is CCCN1CCC(=Cc2ccc(F)cc2)C(=O)C(=Cc2ccc(F)cc2)C1. The van der Waals surface area contributed by atoms with Crippen molar-refractivity contribution in [2.45, 2.75) is 19.8 Å². The average molecular weight is 367 g/mol. The van der Waals surface area contributed by atoms with Gasteiger partial charge in [-0.1, -0.05) is 31.2 Å². The molecule has 2 nitrogen and oxygen atoms in total. The van der Waals surface area contributed by atoms with Gasteiger partial charge in [0.05, 0.1) is 0 Å². The number of likely N-dealkylation sites (tertiary alicyclic amines) is 1. The van der Waals surface area contributed by atoms with Gasteiger partial charge in [0.1, 0.15) is 11.6 Å². The summed E-state index contributed by atoms with van der Waals surface area (Å²) in [6.45, 7) is 4.40. The van der Waals surface area contributed by atoms with Gasteiger partial charge in [-0.25, -0.2) is 8.78 Å². The number of benzene rings is 2. The third-order valence-corrected chi connectivity index (χ3v) is 4.64. The Morgan fingerprint density at radius 3 is 1.93 bits per heavy atom. The van der Waals surface area contributed by atoms with Gasteiger partial charge in [-0.15, -0.1) is 0 Å². The minimum atomic E-state index is -0.297. The first-order valence-electron chi connectivity index (χ1n) is 9.24. The number of ketones is 1. The summed E-state index contributed by atoms with van der Waals surface area (Å²) in [5, 5.41) is 0. The van der Waals surface area contributed by atoms with Crippen LogP contribution >= 0.6 is 0 Å². The van der Waals surface area contributed by atoms with Crippen LogP contribution < -0.4 is 0 Å². The van der Waals surface area contributed by atoms with Gasteiger partial charge in [0.25, 0.3) is 0 Å². The van der Waals surface area contributed by atoms with Crippen molar-refractivity contribution in [2.24, 2.45) is 0 Å². The van der Waals surface area contributed by atoms with Crippen molar-refractivity contribution >= 4 is 17.9 Å². The Morgan fingerprint density at radius 1 is 0.889 bits per heavy atom. The Labute approximate surface area is 158 Å².